The molecule has 0 aromatic rings. The lowest BCUT2D eigenvalue weighted by Crippen LogP contribution is -2.27. The molecule has 11 heavy (non-hydrogen) atoms. The predicted octanol–water partition coefficient (Wildman–Crippen LogP) is 1.10. The maximum absolute atomic E-state index is 10.9. The Labute approximate surface area is 74.2 Å². The predicted molar refractivity (Wildman–Crippen MR) is 43.7 cm³/mol. The molecule has 1 rings (SSSR count). The number of hydrogen-bond acceptors (Lipinski definition) is 3. The van der Waals surface area contributed by atoms with Crippen molar-refractivity contribution in [1.29, 1.82) is 0 Å². The van der Waals surface area contributed by atoms with Crippen LogP contribution >= 0.6 is 15.9 Å². The fourth-order valence-electron chi connectivity index (χ4n) is 0.888. The molecule has 1 saturated heterocycles. The molecular formula is C7H11BrO3. The van der Waals surface area contributed by atoms with Gasteiger partial charge in [0.05, 0.1) is 6.61 Å². The highest BCUT2D eigenvalue weighted by Crippen LogP contribution is 2.06. The van der Waals surface area contributed by atoms with Crippen LogP contribution in [0.4, 0.5) is 0 Å². The number of hydrogen-bond donors (Lipinski definition) is 0. The minimum absolute atomic E-state index is 0.109. The molecule has 0 radical (unpaired) electrons. The summed E-state index contributed by atoms with van der Waals surface area (Å²) in [5.41, 5.74) is 0. The fourth-order valence-corrected chi connectivity index (χ4v) is 1.21. The largest absolute Gasteiger partial charge is 0.459 e. The first-order chi connectivity index (χ1) is 5.33. The van der Waals surface area contributed by atoms with Crippen LogP contribution < -0.4 is 0 Å². The summed E-state index contributed by atoms with van der Waals surface area (Å²) in [6.07, 6.45) is 1.14. The van der Waals surface area contributed by atoms with E-state index in [0.29, 0.717) is 25.0 Å². The molecule has 0 aromatic carbocycles. The van der Waals surface area contributed by atoms with Gasteiger partial charge in [-0.15, -0.1) is 0 Å². The molecule has 1 aliphatic heterocycles. The highest BCUT2D eigenvalue weighted by atomic mass is 79.9. The molecule has 0 saturated carbocycles. The van der Waals surface area contributed by atoms with Crippen molar-refractivity contribution in [2.75, 3.05) is 18.5 Å². The summed E-state index contributed by atoms with van der Waals surface area (Å²) in [5, 5.41) is 0.652. The topological polar surface area (TPSA) is 35.5 Å². The smallest absolute Gasteiger partial charge is 0.306 e. The molecule has 3 nitrogen and oxygen atoms in total. The molecule has 4 heteroatoms. The zero-order chi connectivity index (χ0) is 8.10. The van der Waals surface area contributed by atoms with Crippen LogP contribution in [0.3, 0.4) is 0 Å². The molecule has 0 bridgehead atoms. The number of alkyl halides is 1. The molecule has 1 unspecified atom stereocenters. The Hall–Kier alpha value is -0.0900. The fraction of sp³-hybridized carbons (Fsp3) is 0.857. The van der Waals surface area contributed by atoms with Gasteiger partial charge in [0.15, 0.2) is 0 Å². The van der Waals surface area contributed by atoms with Crippen molar-refractivity contribution in [1.82, 2.24) is 0 Å². The van der Waals surface area contributed by atoms with Gasteiger partial charge in [-0.2, -0.15) is 0 Å². The number of carbonyl (C=O) groups is 1. The lowest BCUT2D eigenvalue weighted by molar-refractivity contribution is -0.153. The maximum Gasteiger partial charge on any atom is 0.306 e. The number of carbonyl (C=O) groups excluding carboxylic acids is 1. The first-order valence-electron chi connectivity index (χ1n) is 3.66. The van der Waals surface area contributed by atoms with Crippen molar-refractivity contribution >= 4 is 21.9 Å². The molecule has 1 fully saturated rings. The molecule has 0 spiro atoms. The molecular weight excluding hydrogens is 212 g/mol. The zero-order valence-corrected chi connectivity index (χ0v) is 7.80. The summed E-state index contributed by atoms with van der Waals surface area (Å²) in [6.45, 7) is 1.18. The van der Waals surface area contributed by atoms with Crippen LogP contribution in [0.15, 0.2) is 0 Å². The number of ether oxygens (including phenoxy) is 2. The molecule has 1 heterocycles. The second-order valence-electron chi connectivity index (χ2n) is 2.44. The molecule has 0 N–H and O–H groups in total. The number of halogens is 1. The van der Waals surface area contributed by atoms with Gasteiger partial charge >= 0.3 is 5.97 Å². The standard InChI is InChI=1S/C7H11BrO3/c8-4-6-5-10-3-1-2-7(9)11-6/h6H,1-5H2. The molecule has 64 valence electrons. The van der Waals surface area contributed by atoms with Crippen molar-refractivity contribution in [3.63, 3.8) is 0 Å². The van der Waals surface area contributed by atoms with E-state index in [4.69, 9.17) is 9.47 Å². The minimum Gasteiger partial charge on any atom is -0.459 e. The van der Waals surface area contributed by atoms with Crippen molar-refractivity contribution in [3.8, 4) is 0 Å². The molecule has 0 aliphatic carbocycles. The lowest BCUT2D eigenvalue weighted by atomic mass is 10.3. The number of rotatable bonds is 1. The Kier molecular flexibility index (Phi) is 3.86. The van der Waals surface area contributed by atoms with E-state index in [0.717, 1.165) is 6.42 Å². The van der Waals surface area contributed by atoms with Crippen LogP contribution in [0, 0.1) is 0 Å². The molecule has 1 aliphatic rings. The highest BCUT2D eigenvalue weighted by molar-refractivity contribution is 9.09. The zero-order valence-electron chi connectivity index (χ0n) is 6.22. The van der Waals surface area contributed by atoms with E-state index in [-0.39, 0.29) is 12.1 Å². The summed E-state index contributed by atoms with van der Waals surface area (Å²) in [7, 11) is 0. The number of esters is 1. The first-order valence-corrected chi connectivity index (χ1v) is 4.78. The molecule has 0 aromatic heterocycles. The van der Waals surface area contributed by atoms with Crippen LogP contribution in [-0.2, 0) is 14.3 Å². The summed E-state index contributed by atoms with van der Waals surface area (Å²) in [4.78, 5) is 10.9. The van der Waals surface area contributed by atoms with Gasteiger partial charge in [-0.3, -0.25) is 4.79 Å². The summed E-state index contributed by atoms with van der Waals surface area (Å²) in [6, 6.07) is 0. The summed E-state index contributed by atoms with van der Waals surface area (Å²) in [5.74, 6) is -0.113. The van der Waals surface area contributed by atoms with E-state index in [2.05, 4.69) is 15.9 Å². The monoisotopic (exact) mass is 222 g/mol. The second-order valence-corrected chi connectivity index (χ2v) is 3.09. The summed E-state index contributed by atoms with van der Waals surface area (Å²) < 4.78 is 10.2. The van der Waals surface area contributed by atoms with Crippen LogP contribution in [0.5, 0.6) is 0 Å². The Morgan fingerprint density at radius 2 is 2.45 bits per heavy atom. The van der Waals surface area contributed by atoms with E-state index in [1.165, 1.54) is 0 Å². The van der Waals surface area contributed by atoms with Crippen LogP contribution in [0.1, 0.15) is 12.8 Å². The van der Waals surface area contributed by atoms with Crippen LogP contribution in [0.2, 0.25) is 0 Å². The van der Waals surface area contributed by atoms with Gasteiger partial charge in [0.25, 0.3) is 0 Å². The van der Waals surface area contributed by atoms with Crippen LogP contribution in [0.25, 0.3) is 0 Å². The average Bonchev–Trinajstić information content (AvgIpc) is 1.96. The number of cyclic esters (lactones) is 1. The van der Waals surface area contributed by atoms with Crippen molar-refractivity contribution in [2.45, 2.75) is 18.9 Å². The van der Waals surface area contributed by atoms with Gasteiger partial charge in [-0.1, -0.05) is 15.9 Å². The summed E-state index contributed by atoms with van der Waals surface area (Å²) >= 11 is 3.24. The maximum atomic E-state index is 10.9. The minimum atomic E-state index is -0.113. The van der Waals surface area contributed by atoms with Crippen molar-refractivity contribution < 1.29 is 14.3 Å². The SMILES string of the molecule is O=C1CCCOCC(CBr)O1. The average molecular weight is 223 g/mol. The van der Waals surface area contributed by atoms with Crippen LogP contribution in [-0.4, -0.2) is 30.6 Å². The van der Waals surface area contributed by atoms with E-state index in [1.807, 2.05) is 0 Å². The third kappa shape index (κ3) is 3.20. The Balaban J connectivity index is 2.35. The van der Waals surface area contributed by atoms with E-state index in [9.17, 15) is 4.79 Å². The molecule has 0 amide bonds. The van der Waals surface area contributed by atoms with Gasteiger partial charge in [-0.05, 0) is 6.42 Å². The Morgan fingerprint density at radius 1 is 1.64 bits per heavy atom. The van der Waals surface area contributed by atoms with E-state index >= 15 is 0 Å². The quantitative estimate of drug-likeness (QED) is 0.493. The second kappa shape index (κ2) is 4.72. The van der Waals surface area contributed by atoms with Gasteiger partial charge in [0, 0.05) is 18.4 Å². The Bertz CT molecular complexity index is 138. The normalized spacial score (nSPS) is 27.0. The van der Waals surface area contributed by atoms with Gasteiger partial charge in [-0.25, -0.2) is 0 Å². The van der Waals surface area contributed by atoms with E-state index < -0.39 is 0 Å². The third-order valence-electron chi connectivity index (χ3n) is 1.44. The lowest BCUT2D eigenvalue weighted by Gasteiger charge is -2.18. The Morgan fingerprint density at radius 3 is 3.18 bits per heavy atom. The van der Waals surface area contributed by atoms with Crippen molar-refractivity contribution in [3.05, 3.63) is 0 Å². The third-order valence-corrected chi connectivity index (χ3v) is 2.17. The van der Waals surface area contributed by atoms with Gasteiger partial charge in [0.2, 0.25) is 0 Å². The van der Waals surface area contributed by atoms with Gasteiger partial charge < -0.3 is 9.47 Å². The van der Waals surface area contributed by atoms with Gasteiger partial charge in [0.1, 0.15) is 6.10 Å². The first kappa shape index (κ1) is 9.00. The van der Waals surface area contributed by atoms with E-state index in [1.54, 1.807) is 0 Å². The van der Waals surface area contributed by atoms with Crippen molar-refractivity contribution in [2.24, 2.45) is 0 Å². The highest BCUT2D eigenvalue weighted by Gasteiger charge is 2.15. The molecule has 1 atom stereocenters.